The summed E-state index contributed by atoms with van der Waals surface area (Å²) in [5, 5.41) is 15.2. The predicted molar refractivity (Wildman–Crippen MR) is 65.5 cm³/mol. The molecule has 0 saturated heterocycles. The fraction of sp³-hybridized carbons (Fsp3) is 0.727. The molecule has 1 rings (SSSR count). The Hall–Kier alpha value is -0.580. The van der Waals surface area contributed by atoms with E-state index in [0.29, 0.717) is 11.4 Å². The first-order valence-corrected chi connectivity index (χ1v) is 5.80. The number of nitrogens with zero attached hydrogens (tertiary/aromatic N) is 2. The maximum Gasteiger partial charge on any atom is 0.0848 e. The quantitative estimate of drug-likeness (QED) is 0.840. The average molecular weight is 246 g/mol. The van der Waals surface area contributed by atoms with Crippen molar-refractivity contribution < 1.29 is 5.11 Å². The van der Waals surface area contributed by atoms with E-state index in [0.717, 1.165) is 11.4 Å². The van der Waals surface area contributed by atoms with Crippen LogP contribution in [0.2, 0.25) is 5.02 Å². The molecule has 0 radical (unpaired) electrons. The maximum atomic E-state index is 10.4. The van der Waals surface area contributed by atoms with E-state index < -0.39 is 5.60 Å². The Morgan fingerprint density at radius 3 is 2.44 bits per heavy atom. The molecule has 0 aliphatic rings. The van der Waals surface area contributed by atoms with Crippen molar-refractivity contribution in [2.24, 2.45) is 18.7 Å². The van der Waals surface area contributed by atoms with E-state index in [4.69, 9.17) is 17.3 Å². The number of rotatable bonds is 4. The summed E-state index contributed by atoms with van der Waals surface area (Å²) in [5.41, 5.74) is 6.33. The Morgan fingerprint density at radius 2 is 2.12 bits per heavy atom. The molecule has 1 atom stereocenters. The molecule has 3 N–H and O–H groups in total. The molecule has 16 heavy (non-hydrogen) atoms. The molecule has 0 saturated carbocycles. The van der Waals surface area contributed by atoms with Crippen LogP contribution in [0.4, 0.5) is 0 Å². The molecule has 4 nitrogen and oxygen atoms in total. The summed E-state index contributed by atoms with van der Waals surface area (Å²) < 4.78 is 1.71. The lowest BCUT2D eigenvalue weighted by molar-refractivity contribution is 0.00251. The highest BCUT2D eigenvalue weighted by Crippen LogP contribution is 2.27. The van der Waals surface area contributed by atoms with Gasteiger partial charge in [-0.3, -0.25) is 4.68 Å². The molecular formula is C11H20ClN3O. The van der Waals surface area contributed by atoms with Gasteiger partial charge in [-0.2, -0.15) is 5.10 Å². The summed E-state index contributed by atoms with van der Waals surface area (Å²) in [6, 6.07) is 0. The van der Waals surface area contributed by atoms with Crippen LogP contribution in [0.15, 0.2) is 0 Å². The summed E-state index contributed by atoms with van der Waals surface area (Å²) >= 11 is 6.15. The van der Waals surface area contributed by atoms with Crippen molar-refractivity contribution in [1.82, 2.24) is 9.78 Å². The van der Waals surface area contributed by atoms with Crippen LogP contribution in [0.5, 0.6) is 0 Å². The standard InChI is InChI=1S/C11H20ClN3O/c1-7(2)11(16,6-13)5-9-10(12)8(3)14-15(9)4/h7,16H,5-6,13H2,1-4H3. The highest BCUT2D eigenvalue weighted by Gasteiger charge is 2.32. The van der Waals surface area contributed by atoms with E-state index >= 15 is 0 Å². The minimum absolute atomic E-state index is 0.0729. The average Bonchev–Trinajstić information content (AvgIpc) is 2.44. The number of aliphatic hydroxyl groups is 1. The second-order valence-electron chi connectivity index (χ2n) is 4.61. The van der Waals surface area contributed by atoms with Gasteiger partial charge in [0.05, 0.1) is 22.0 Å². The van der Waals surface area contributed by atoms with Gasteiger partial charge in [-0.1, -0.05) is 25.4 Å². The molecule has 0 bridgehead atoms. The normalized spacial score (nSPS) is 15.5. The topological polar surface area (TPSA) is 64.1 Å². The van der Waals surface area contributed by atoms with E-state index in [1.807, 2.05) is 27.8 Å². The second kappa shape index (κ2) is 4.73. The second-order valence-corrected chi connectivity index (χ2v) is 4.99. The van der Waals surface area contributed by atoms with E-state index in [1.54, 1.807) is 4.68 Å². The molecule has 92 valence electrons. The lowest BCUT2D eigenvalue weighted by Crippen LogP contribution is -2.45. The van der Waals surface area contributed by atoms with Crippen molar-refractivity contribution in [3.8, 4) is 0 Å². The van der Waals surface area contributed by atoms with Gasteiger partial charge in [0.1, 0.15) is 0 Å². The molecule has 0 spiro atoms. The lowest BCUT2D eigenvalue weighted by Gasteiger charge is -2.30. The molecule has 0 amide bonds. The SMILES string of the molecule is Cc1nn(C)c(CC(O)(CN)C(C)C)c1Cl. The highest BCUT2D eigenvalue weighted by molar-refractivity contribution is 6.31. The van der Waals surface area contributed by atoms with Gasteiger partial charge in [0.2, 0.25) is 0 Å². The van der Waals surface area contributed by atoms with Crippen LogP contribution in [0.1, 0.15) is 25.2 Å². The van der Waals surface area contributed by atoms with E-state index in [1.165, 1.54) is 0 Å². The van der Waals surface area contributed by atoms with Gasteiger partial charge in [0.15, 0.2) is 0 Å². The molecule has 1 heterocycles. The van der Waals surface area contributed by atoms with Gasteiger partial charge in [-0.15, -0.1) is 0 Å². The first-order chi connectivity index (χ1) is 7.31. The van der Waals surface area contributed by atoms with Crippen molar-refractivity contribution in [2.45, 2.75) is 32.8 Å². The van der Waals surface area contributed by atoms with Gasteiger partial charge in [0, 0.05) is 20.0 Å². The lowest BCUT2D eigenvalue weighted by atomic mass is 9.86. The van der Waals surface area contributed by atoms with Crippen molar-refractivity contribution >= 4 is 11.6 Å². The summed E-state index contributed by atoms with van der Waals surface area (Å²) in [6.45, 7) is 5.96. The minimum Gasteiger partial charge on any atom is -0.388 e. The number of aryl methyl sites for hydroxylation is 2. The van der Waals surface area contributed by atoms with Crippen LogP contribution < -0.4 is 5.73 Å². The monoisotopic (exact) mass is 245 g/mol. The van der Waals surface area contributed by atoms with Gasteiger partial charge in [0.25, 0.3) is 0 Å². The van der Waals surface area contributed by atoms with Crippen molar-refractivity contribution in [1.29, 1.82) is 0 Å². The number of hydrogen-bond donors (Lipinski definition) is 2. The molecule has 1 aromatic heterocycles. The number of hydrogen-bond acceptors (Lipinski definition) is 3. The van der Waals surface area contributed by atoms with Gasteiger partial charge in [-0.05, 0) is 12.8 Å². The number of halogens is 1. The fourth-order valence-electron chi connectivity index (χ4n) is 1.67. The summed E-state index contributed by atoms with van der Waals surface area (Å²) in [7, 11) is 1.82. The third-order valence-corrected chi connectivity index (χ3v) is 3.66. The first kappa shape index (κ1) is 13.5. The summed E-state index contributed by atoms with van der Waals surface area (Å²) in [6.07, 6.45) is 0.428. The van der Waals surface area contributed by atoms with Gasteiger partial charge in [-0.25, -0.2) is 0 Å². The molecule has 1 unspecified atom stereocenters. The first-order valence-electron chi connectivity index (χ1n) is 5.42. The minimum atomic E-state index is -0.927. The Kier molecular flexibility index (Phi) is 3.99. The largest absolute Gasteiger partial charge is 0.388 e. The Bertz CT molecular complexity index is 376. The Morgan fingerprint density at radius 1 is 1.56 bits per heavy atom. The van der Waals surface area contributed by atoms with Crippen LogP contribution in [0.3, 0.4) is 0 Å². The van der Waals surface area contributed by atoms with Crippen LogP contribution in [-0.2, 0) is 13.5 Å². The third kappa shape index (κ3) is 2.39. The zero-order valence-electron chi connectivity index (χ0n) is 10.3. The van der Waals surface area contributed by atoms with Crippen LogP contribution >= 0.6 is 11.6 Å². The Labute approximate surface area is 101 Å². The zero-order chi connectivity index (χ0) is 12.5. The van der Waals surface area contributed by atoms with E-state index in [2.05, 4.69) is 5.10 Å². The van der Waals surface area contributed by atoms with Crippen LogP contribution in [-0.4, -0.2) is 27.0 Å². The summed E-state index contributed by atoms with van der Waals surface area (Å²) in [5.74, 6) is 0.0729. The zero-order valence-corrected chi connectivity index (χ0v) is 11.0. The van der Waals surface area contributed by atoms with E-state index in [-0.39, 0.29) is 12.5 Å². The molecule has 0 aromatic carbocycles. The molecule has 5 heteroatoms. The highest BCUT2D eigenvalue weighted by atomic mass is 35.5. The Balaban J connectivity index is 3.03. The maximum absolute atomic E-state index is 10.4. The molecular weight excluding hydrogens is 226 g/mol. The molecule has 0 fully saturated rings. The number of aromatic nitrogens is 2. The van der Waals surface area contributed by atoms with Crippen LogP contribution in [0.25, 0.3) is 0 Å². The fourth-order valence-corrected chi connectivity index (χ4v) is 1.90. The van der Waals surface area contributed by atoms with Crippen molar-refractivity contribution in [3.05, 3.63) is 16.4 Å². The van der Waals surface area contributed by atoms with E-state index in [9.17, 15) is 5.11 Å². The predicted octanol–water partition coefficient (Wildman–Crippen LogP) is 1.27. The molecule has 0 aliphatic carbocycles. The van der Waals surface area contributed by atoms with Crippen LogP contribution in [0, 0.1) is 12.8 Å². The van der Waals surface area contributed by atoms with Gasteiger partial charge >= 0.3 is 0 Å². The van der Waals surface area contributed by atoms with Crippen molar-refractivity contribution in [3.63, 3.8) is 0 Å². The smallest absolute Gasteiger partial charge is 0.0848 e. The van der Waals surface area contributed by atoms with Crippen molar-refractivity contribution in [2.75, 3.05) is 6.54 Å². The molecule has 1 aromatic rings. The number of nitrogens with two attached hydrogens (primary N) is 1. The molecule has 0 aliphatic heterocycles. The third-order valence-electron chi connectivity index (χ3n) is 3.16. The summed E-state index contributed by atoms with van der Waals surface area (Å²) in [4.78, 5) is 0. The van der Waals surface area contributed by atoms with Gasteiger partial charge < -0.3 is 10.8 Å².